The van der Waals surface area contributed by atoms with Crippen molar-refractivity contribution in [2.45, 2.75) is 45.3 Å². The molecule has 12 heavy (non-hydrogen) atoms. The second-order valence-electron chi connectivity index (χ2n) is 3.77. The molecule has 0 amide bonds. The molecule has 72 valence electrons. The van der Waals surface area contributed by atoms with Crippen molar-refractivity contribution in [3.05, 3.63) is 0 Å². The maximum Gasteiger partial charge on any atom is 0.0702 e. The zero-order valence-electron chi connectivity index (χ0n) is 8.55. The van der Waals surface area contributed by atoms with Crippen LogP contribution in [0.3, 0.4) is 0 Å². The summed E-state index contributed by atoms with van der Waals surface area (Å²) in [5.41, 5.74) is 0. The number of hydrogen-bond acceptors (Lipinski definition) is 2. The Bertz CT molecular complexity index is 127. The summed E-state index contributed by atoms with van der Waals surface area (Å²) in [5.74, 6) is 0. The molecule has 0 saturated carbocycles. The number of rotatable bonds is 3. The summed E-state index contributed by atoms with van der Waals surface area (Å²) in [5, 5.41) is 0. The van der Waals surface area contributed by atoms with E-state index in [1.54, 1.807) is 0 Å². The average Bonchev–Trinajstić information content (AvgIpc) is 2.05. The fourth-order valence-electron chi connectivity index (χ4n) is 2.00. The second-order valence-corrected chi connectivity index (χ2v) is 3.77. The van der Waals surface area contributed by atoms with Crippen molar-refractivity contribution in [1.29, 1.82) is 0 Å². The molecular weight excluding hydrogens is 150 g/mol. The van der Waals surface area contributed by atoms with Crippen LogP contribution in [0.1, 0.15) is 33.1 Å². The van der Waals surface area contributed by atoms with Gasteiger partial charge in [0.2, 0.25) is 0 Å². The molecule has 0 aromatic heterocycles. The van der Waals surface area contributed by atoms with Crippen molar-refractivity contribution in [2.24, 2.45) is 0 Å². The minimum Gasteiger partial charge on any atom is -0.377 e. The lowest BCUT2D eigenvalue weighted by molar-refractivity contribution is -0.0334. The molecule has 1 aliphatic heterocycles. The van der Waals surface area contributed by atoms with Crippen LogP contribution in [-0.4, -0.2) is 37.2 Å². The van der Waals surface area contributed by atoms with Crippen LogP contribution in [0, 0.1) is 0 Å². The molecule has 0 aromatic rings. The molecule has 2 nitrogen and oxygen atoms in total. The third-order valence-corrected chi connectivity index (χ3v) is 2.71. The molecule has 1 rings (SSSR count). The van der Waals surface area contributed by atoms with Crippen LogP contribution in [-0.2, 0) is 4.74 Å². The van der Waals surface area contributed by atoms with Crippen LogP contribution in [0.5, 0.6) is 0 Å². The first-order valence-electron chi connectivity index (χ1n) is 5.07. The first-order chi connectivity index (χ1) is 5.75. The molecular formula is C10H21NO. The zero-order valence-corrected chi connectivity index (χ0v) is 8.55. The van der Waals surface area contributed by atoms with Crippen LogP contribution in [0.4, 0.5) is 0 Å². The van der Waals surface area contributed by atoms with E-state index in [-0.39, 0.29) is 0 Å². The third kappa shape index (κ3) is 2.46. The lowest BCUT2D eigenvalue weighted by atomic mass is 10.0. The first-order valence-corrected chi connectivity index (χ1v) is 5.07. The standard InChI is InChI=1S/C10H21NO/c1-4-7-11(3)10-6-5-8-12-9(10)2/h9-10H,4-8H2,1-3H3/t9-,10+/m1/s1. The molecule has 0 radical (unpaired) electrons. The van der Waals surface area contributed by atoms with Crippen LogP contribution in [0.25, 0.3) is 0 Å². The average molecular weight is 171 g/mol. The molecule has 1 heterocycles. The summed E-state index contributed by atoms with van der Waals surface area (Å²) >= 11 is 0. The lowest BCUT2D eigenvalue weighted by Gasteiger charge is -2.36. The van der Waals surface area contributed by atoms with E-state index in [0.717, 1.165) is 6.61 Å². The minimum absolute atomic E-state index is 0.426. The van der Waals surface area contributed by atoms with Gasteiger partial charge in [-0.25, -0.2) is 0 Å². The van der Waals surface area contributed by atoms with E-state index in [4.69, 9.17) is 4.74 Å². The maximum atomic E-state index is 5.62. The SMILES string of the molecule is CCCN(C)[C@H]1CCCO[C@@H]1C. The van der Waals surface area contributed by atoms with Crippen molar-refractivity contribution in [1.82, 2.24) is 4.90 Å². The second kappa shape index (κ2) is 4.83. The van der Waals surface area contributed by atoms with Crippen molar-refractivity contribution in [3.63, 3.8) is 0 Å². The van der Waals surface area contributed by atoms with E-state index in [1.807, 2.05) is 0 Å². The number of hydrogen-bond donors (Lipinski definition) is 0. The normalized spacial score (nSPS) is 31.0. The summed E-state index contributed by atoms with van der Waals surface area (Å²) in [6.07, 6.45) is 4.19. The Hall–Kier alpha value is -0.0800. The van der Waals surface area contributed by atoms with E-state index in [0.29, 0.717) is 12.1 Å². The Morgan fingerprint density at radius 3 is 2.83 bits per heavy atom. The van der Waals surface area contributed by atoms with Gasteiger partial charge in [0.15, 0.2) is 0 Å². The van der Waals surface area contributed by atoms with Gasteiger partial charge in [0.25, 0.3) is 0 Å². The molecule has 0 unspecified atom stereocenters. The van der Waals surface area contributed by atoms with Gasteiger partial charge in [-0.15, -0.1) is 0 Å². The third-order valence-electron chi connectivity index (χ3n) is 2.71. The van der Waals surface area contributed by atoms with Crippen LogP contribution in [0.15, 0.2) is 0 Å². The Labute approximate surface area is 75.9 Å². The van der Waals surface area contributed by atoms with Gasteiger partial charge in [0.1, 0.15) is 0 Å². The maximum absolute atomic E-state index is 5.62. The van der Waals surface area contributed by atoms with Gasteiger partial charge in [-0.3, -0.25) is 0 Å². The minimum atomic E-state index is 0.426. The molecule has 2 atom stereocenters. The van der Waals surface area contributed by atoms with Crippen LogP contribution >= 0.6 is 0 Å². The summed E-state index contributed by atoms with van der Waals surface area (Å²) in [4.78, 5) is 2.43. The molecule has 1 fully saturated rings. The van der Waals surface area contributed by atoms with Crippen LogP contribution < -0.4 is 0 Å². The molecule has 1 aliphatic rings. The van der Waals surface area contributed by atoms with E-state index in [9.17, 15) is 0 Å². The summed E-state index contributed by atoms with van der Waals surface area (Å²) in [6, 6.07) is 0.652. The quantitative estimate of drug-likeness (QED) is 0.643. The van der Waals surface area contributed by atoms with Gasteiger partial charge in [-0.2, -0.15) is 0 Å². The van der Waals surface area contributed by atoms with Crippen molar-refractivity contribution in [3.8, 4) is 0 Å². The highest BCUT2D eigenvalue weighted by Crippen LogP contribution is 2.18. The topological polar surface area (TPSA) is 12.5 Å². The monoisotopic (exact) mass is 171 g/mol. The Morgan fingerprint density at radius 2 is 2.25 bits per heavy atom. The van der Waals surface area contributed by atoms with E-state index >= 15 is 0 Å². The molecule has 0 aromatic carbocycles. The highest BCUT2D eigenvalue weighted by atomic mass is 16.5. The summed E-state index contributed by atoms with van der Waals surface area (Å²) in [7, 11) is 2.21. The molecule has 0 bridgehead atoms. The fraction of sp³-hybridized carbons (Fsp3) is 1.00. The smallest absolute Gasteiger partial charge is 0.0702 e. The van der Waals surface area contributed by atoms with Gasteiger partial charge in [0.05, 0.1) is 6.10 Å². The van der Waals surface area contributed by atoms with Gasteiger partial charge < -0.3 is 9.64 Å². The highest BCUT2D eigenvalue weighted by Gasteiger charge is 2.24. The lowest BCUT2D eigenvalue weighted by Crippen LogP contribution is -2.44. The molecule has 2 heteroatoms. The first kappa shape index (κ1) is 10.0. The Morgan fingerprint density at radius 1 is 1.50 bits per heavy atom. The van der Waals surface area contributed by atoms with Crippen molar-refractivity contribution < 1.29 is 4.74 Å². The van der Waals surface area contributed by atoms with E-state index in [2.05, 4.69) is 25.8 Å². The predicted molar refractivity (Wildman–Crippen MR) is 51.4 cm³/mol. The Balaban J connectivity index is 2.36. The number of ether oxygens (including phenoxy) is 1. The van der Waals surface area contributed by atoms with Crippen molar-refractivity contribution >= 4 is 0 Å². The number of likely N-dealkylation sites (N-methyl/N-ethyl adjacent to an activating group) is 1. The molecule has 0 aliphatic carbocycles. The number of nitrogens with zero attached hydrogens (tertiary/aromatic N) is 1. The van der Waals surface area contributed by atoms with Gasteiger partial charge in [0, 0.05) is 12.6 Å². The van der Waals surface area contributed by atoms with E-state index < -0.39 is 0 Å². The van der Waals surface area contributed by atoms with Crippen molar-refractivity contribution in [2.75, 3.05) is 20.2 Å². The molecule has 0 spiro atoms. The summed E-state index contributed by atoms with van der Waals surface area (Å²) < 4.78 is 5.62. The van der Waals surface area contributed by atoms with E-state index in [1.165, 1.54) is 25.8 Å². The zero-order chi connectivity index (χ0) is 8.97. The molecule has 1 saturated heterocycles. The van der Waals surface area contributed by atoms with Gasteiger partial charge in [-0.1, -0.05) is 6.92 Å². The fourth-order valence-corrected chi connectivity index (χ4v) is 2.00. The predicted octanol–water partition coefficient (Wildman–Crippen LogP) is 1.90. The Kier molecular flexibility index (Phi) is 4.02. The van der Waals surface area contributed by atoms with Gasteiger partial charge >= 0.3 is 0 Å². The highest BCUT2D eigenvalue weighted by molar-refractivity contribution is 4.78. The largest absolute Gasteiger partial charge is 0.377 e. The van der Waals surface area contributed by atoms with Gasteiger partial charge in [-0.05, 0) is 39.8 Å². The summed E-state index contributed by atoms with van der Waals surface area (Å²) in [6.45, 7) is 6.57. The van der Waals surface area contributed by atoms with Crippen LogP contribution in [0.2, 0.25) is 0 Å². The molecule has 0 N–H and O–H groups in total.